The second-order valence-electron chi connectivity index (χ2n) is 5.88. The van der Waals surface area contributed by atoms with E-state index in [0.717, 1.165) is 36.6 Å². The minimum atomic E-state index is -1.00. The van der Waals surface area contributed by atoms with Gasteiger partial charge in [-0.3, -0.25) is 4.68 Å². The van der Waals surface area contributed by atoms with Crippen LogP contribution < -0.4 is 4.74 Å². The van der Waals surface area contributed by atoms with Gasteiger partial charge in [0.25, 0.3) is 0 Å². The molecule has 0 bridgehead atoms. The lowest BCUT2D eigenvalue weighted by Crippen LogP contribution is -2.20. The number of ether oxygens (including phenoxy) is 1. The molecule has 0 amide bonds. The van der Waals surface area contributed by atoms with Crippen LogP contribution in [-0.4, -0.2) is 39.7 Å². The summed E-state index contributed by atoms with van der Waals surface area (Å²) in [5.41, 5.74) is 0.893. The van der Waals surface area contributed by atoms with Gasteiger partial charge in [0.1, 0.15) is 11.3 Å². The first-order valence-electron chi connectivity index (χ1n) is 7.53. The standard InChI is InChI=1S/C16H20N2O4/c1-22-15-7-14-11(6-13(15)16(20)21)8-18(17-14)12-4-2-10(9-19)3-5-12/h6-8,10,12,19H,2-5,9H2,1H3,(H,20,21). The highest BCUT2D eigenvalue weighted by Gasteiger charge is 2.23. The Balaban J connectivity index is 1.91. The summed E-state index contributed by atoms with van der Waals surface area (Å²) in [6.07, 6.45) is 5.89. The Morgan fingerprint density at radius 3 is 2.68 bits per heavy atom. The zero-order valence-electron chi connectivity index (χ0n) is 12.5. The van der Waals surface area contributed by atoms with E-state index in [0.29, 0.717) is 17.7 Å². The highest BCUT2D eigenvalue weighted by atomic mass is 16.5. The van der Waals surface area contributed by atoms with Crippen LogP contribution in [0.25, 0.3) is 10.9 Å². The van der Waals surface area contributed by atoms with E-state index in [2.05, 4.69) is 5.10 Å². The number of carbonyl (C=O) groups is 1. The zero-order chi connectivity index (χ0) is 15.7. The molecule has 1 aromatic heterocycles. The molecule has 0 radical (unpaired) electrons. The van der Waals surface area contributed by atoms with Gasteiger partial charge in [-0.1, -0.05) is 0 Å². The van der Waals surface area contributed by atoms with Crippen LogP contribution in [0.2, 0.25) is 0 Å². The van der Waals surface area contributed by atoms with Gasteiger partial charge in [0.05, 0.1) is 18.7 Å². The lowest BCUT2D eigenvalue weighted by molar-refractivity contribution is 0.0693. The minimum Gasteiger partial charge on any atom is -0.496 e. The number of methoxy groups -OCH3 is 1. The lowest BCUT2D eigenvalue weighted by atomic mass is 9.87. The van der Waals surface area contributed by atoms with Gasteiger partial charge in [-0.05, 0) is 37.7 Å². The number of nitrogens with zero attached hydrogens (tertiary/aromatic N) is 2. The summed E-state index contributed by atoms with van der Waals surface area (Å²) in [4.78, 5) is 11.3. The number of benzene rings is 1. The van der Waals surface area contributed by atoms with Crippen molar-refractivity contribution in [2.75, 3.05) is 13.7 Å². The second kappa shape index (κ2) is 5.96. The molecule has 6 heteroatoms. The van der Waals surface area contributed by atoms with Crippen LogP contribution in [0.4, 0.5) is 0 Å². The predicted molar refractivity (Wildman–Crippen MR) is 81.3 cm³/mol. The quantitative estimate of drug-likeness (QED) is 0.906. The Morgan fingerprint density at radius 1 is 1.36 bits per heavy atom. The summed E-state index contributed by atoms with van der Waals surface area (Å²) in [6, 6.07) is 3.60. The predicted octanol–water partition coefficient (Wildman–Crippen LogP) is 2.47. The van der Waals surface area contributed by atoms with Crippen molar-refractivity contribution in [1.29, 1.82) is 0 Å². The van der Waals surface area contributed by atoms with E-state index in [9.17, 15) is 15.0 Å². The van der Waals surface area contributed by atoms with E-state index in [1.807, 2.05) is 10.9 Å². The number of rotatable bonds is 4. The van der Waals surface area contributed by atoms with Gasteiger partial charge in [-0.15, -0.1) is 0 Å². The molecule has 1 aromatic carbocycles. The van der Waals surface area contributed by atoms with Gasteiger partial charge in [0.15, 0.2) is 0 Å². The Morgan fingerprint density at radius 2 is 2.09 bits per heavy atom. The average Bonchev–Trinajstić information content (AvgIpc) is 2.96. The molecule has 0 unspecified atom stereocenters. The number of hydrogen-bond donors (Lipinski definition) is 2. The molecule has 6 nitrogen and oxygen atoms in total. The van der Waals surface area contributed by atoms with E-state index >= 15 is 0 Å². The van der Waals surface area contributed by atoms with Crippen molar-refractivity contribution >= 4 is 16.9 Å². The maximum atomic E-state index is 11.3. The lowest BCUT2D eigenvalue weighted by Gasteiger charge is -2.27. The molecule has 0 aliphatic heterocycles. The molecule has 0 saturated heterocycles. The molecule has 1 fully saturated rings. The Hall–Kier alpha value is -2.08. The van der Waals surface area contributed by atoms with Crippen molar-refractivity contribution in [3.63, 3.8) is 0 Å². The third kappa shape index (κ3) is 2.66. The number of aliphatic hydroxyl groups is 1. The number of aromatic nitrogens is 2. The van der Waals surface area contributed by atoms with Crippen LogP contribution in [0, 0.1) is 5.92 Å². The van der Waals surface area contributed by atoms with E-state index in [1.54, 1.807) is 12.1 Å². The van der Waals surface area contributed by atoms with Gasteiger partial charge in [0.2, 0.25) is 0 Å². The fraction of sp³-hybridized carbons (Fsp3) is 0.500. The fourth-order valence-electron chi connectivity index (χ4n) is 3.19. The van der Waals surface area contributed by atoms with Crippen molar-refractivity contribution in [1.82, 2.24) is 9.78 Å². The van der Waals surface area contributed by atoms with Crippen molar-refractivity contribution in [3.05, 3.63) is 23.9 Å². The summed E-state index contributed by atoms with van der Waals surface area (Å²) < 4.78 is 7.07. The van der Waals surface area contributed by atoms with Crippen LogP contribution in [0.3, 0.4) is 0 Å². The van der Waals surface area contributed by atoms with Crippen molar-refractivity contribution in [2.24, 2.45) is 5.92 Å². The molecular weight excluding hydrogens is 284 g/mol. The summed E-state index contributed by atoms with van der Waals surface area (Å²) in [5, 5.41) is 23.8. The van der Waals surface area contributed by atoms with Crippen LogP contribution in [0.1, 0.15) is 42.1 Å². The summed E-state index contributed by atoms with van der Waals surface area (Å²) in [6.45, 7) is 0.257. The first-order chi connectivity index (χ1) is 10.6. The van der Waals surface area contributed by atoms with Crippen molar-refractivity contribution < 1.29 is 19.7 Å². The maximum absolute atomic E-state index is 11.3. The Kier molecular flexibility index (Phi) is 4.02. The first kappa shape index (κ1) is 14.8. The van der Waals surface area contributed by atoms with Crippen LogP contribution >= 0.6 is 0 Å². The number of fused-ring (bicyclic) bond motifs is 1. The smallest absolute Gasteiger partial charge is 0.339 e. The summed E-state index contributed by atoms with van der Waals surface area (Å²) in [5.74, 6) is -0.274. The first-order valence-corrected chi connectivity index (χ1v) is 7.53. The topological polar surface area (TPSA) is 84.6 Å². The molecule has 1 aliphatic rings. The van der Waals surface area contributed by atoms with Gasteiger partial charge in [-0.25, -0.2) is 4.79 Å². The number of carboxylic acid groups (broad SMARTS) is 1. The SMILES string of the molecule is COc1cc2nn(C3CCC(CO)CC3)cc2cc1C(=O)O. The highest BCUT2D eigenvalue weighted by molar-refractivity contribution is 5.96. The average molecular weight is 304 g/mol. The van der Waals surface area contributed by atoms with Gasteiger partial charge in [-0.2, -0.15) is 5.10 Å². The van der Waals surface area contributed by atoms with E-state index in [1.165, 1.54) is 7.11 Å². The molecule has 2 aromatic rings. The largest absolute Gasteiger partial charge is 0.496 e. The second-order valence-corrected chi connectivity index (χ2v) is 5.88. The van der Waals surface area contributed by atoms with Crippen molar-refractivity contribution in [3.8, 4) is 5.75 Å². The van der Waals surface area contributed by atoms with Crippen LogP contribution in [-0.2, 0) is 0 Å². The number of carboxylic acids is 1. The fourth-order valence-corrected chi connectivity index (χ4v) is 3.19. The van der Waals surface area contributed by atoms with E-state index in [4.69, 9.17) is 4.74 Å². The third-order valence-corrected chi connectivity index (χ3v) is 4.52. The third-order valence-electron chi connectivity index (χ3n) is 4.52. The summed E-state index contributed by atoms with van der Waals surface area (Å²) >= 11 is 0. The van der Waals surface area contributed by atoms with Gasteiger partial charge >= 0.3 is 5.97 Å². The minimum absolute atomic E-state index is 0.151. The molecule has 0 spiro atoms. The molecular formula is C16H20N2O4. The zero-order valence-corrected chi connectivity index (χ0v) is 12.5. The molecule has 118 valence electrons. The Bertz CT molecular complexity index is 687. The van der Waals surface area contributed by atoms with E-state index < -0.39 is 5.97 Å². The molecule has 0 atom stereocenters. The molecule has 1 heterocycles. The number of hydrogen-bond acceptors (Lipinski definition) is 4. The van der Waals surface area contributed by atoms with Crippen molar-refractivity contribution in [2.45, 2.75) is 31.7 Å². The number of aliphatic hydroxyl groups excluding tert-OH is 1. The molecule has 22 heavy (non-hydrogen) atoms. The molecule has 2 N–H and O–H groups in total. The molecule has 3 rings (SSSR count). The summed E-state index contributed by atoms with van der Waals surface area (Å²) in [7, 11) is 1.46. The highest BCUT2D eigenvalue weighted by Crippen LogP contribution is 2.33. The molecule has 1 aliphatic carbocycles. The monoisotopic (exact) mass is 304 g/mol. The number of aromatic carboxylic acids is 1. The molecule has 1 saturated carbocycles. The van der Waals surface area contributed by atoms with Gasteiger partial charge < -0.3 is 14.9 Å². The van der Waals surface area contributed by atoms with Crippen LogP contribution in [0.5, 0.6) is 5.75 Å². The van der Waals surface area contributed by atoms with Crippen LogP contribution in [0.15, 0.2) is 18.3 Å². The van der Waals surface area contributed by atoms with Gasteiger partial charge in [0, 0.05) is 24.3 Å². The van der Waals surface area contributed by atoms with E-state index in [-0.39, 0.29) is 12.2 Å². The normalized spacial score (nSPS) is 21.9. The Labute approximate surface area is 128 Å². The maximum Gasteiger partial charge on any atom is 0.339 e.